The summed E-state index contributed by atoms with van der Waals surface area (Å²) in [6.45, 7) is 9.82. The van der Waals surface area contributed by atoms with Crippen molar-refractivity contribution < 1.29 is 0 Å². The van der Waals surface area contributed by atoms with Crippen molar-refractivity contribution in [3.8, 4) is 0 Å². The van der Waals surface area contributed by atoms with Gasteiger partial charge in [-0.3, -0.25) is 0 Å². The van der Waals surface area contributed by atoms with Gasteiger partial charge >= 0.3 is 0 Å². The fraction of sp³-hybridized carbons (Fsp3) is 0.750. The van der Waals surface area contributed by atoms with Crippen LogP contribution in [0.15, 0.2) is 5.38 Å². The van der Waals surface area contributed by atoms with Gasteiger partial charge in [-0.05, 0) is 33.2 Å². The van der Waals surface area contributed by atoms with Gasteiger partial charge in [-0.1, -0.05) is 20.3 Å². The van der Waals surface area contributed by atoms with Crippen LogP contribution >= 0.6 is 11.3 Å². The number of aromatic nitrogens is 1. The van der Waals surface area contributed by atoms with Crippen LogP contribution in [0.1, 0.15) is 50.7 Å². The third-order valence-electron chi connectivity index (χ3n) is 2.61. The Labute approximate surface area is 97.1 Å². The fourth-order valence-corrected chi connectivity index (χ4v) is 2.75. The lowest BCUT2D eigenvalue weighted by molar-refractivity contribution is 0.335. The Kier molecular flexibility index (Phi) is 4.74. The molecule has 3 heteroatoms. The minimum Gasteiger partial charge on any atom is -0.306 e. The maximum atomic E-state index is 4.61. The number of nitrogens with one attached hydrogen (secondary N) is 1. The van der Waals surface area contributed by atoms with E-state index in [1.807, 2.05) is 0 Å². The summed E-state index contributed by atoms with van der Waals surface area (Å²) in [6, 6.07) is 0. The van der Waals surface area contributed by atoms with Crippen LogP contribution in [-0.2, 0) is 5.54 Å². The first-order valence-corrected chi connectivity index (χ1v) is 6.68. The topological polar surface area (TPSA) is 24.9 Å². The Morgan fingerprint density at radius 1 is 1.40 bits per heavy atom. The molecule has 1 heterocycles. The van der Waals surface area contributed by atoms with E-state index in [2.05, 4.69) is 43.4 Å². The normalized spacial score (nSPS) is 15.2. The summed E-state index contributed by atoms with van der Waals surface area (Å²) < 4.78 is 0. The number of aryl methyl sites for hydroxylation is 1. The smallest absolute Gasteiger partial charge is 0.113 e. The zero-order valence-electron chi connectivity index (χ0n) is 10.3. The molecule has 0 saturated carbocycles. The Hall–Kier alpha value is -0.410. The van der Waals surface area contributed by atoms with Crippen LogP contribution in [0, 0.1) is 6.92 Å². The summed E-state index contributed by atoms with van der Waals surface area (Å²) in [5, 5.41) is 6.99. The van der Waals surface area contributed by atoms with E-state index in [9.17, 15) is 0 Å². The molecular weight excluding hydrogens is 204 g/mol. The molecule has 0 radical (unpaired) electrons. The highest BCUT2D eigenvalue weighted by molar-refractivity contribution is 7.09. The molecule has 1 rings (SSSR count). The van der Waals surface area contributed by atoms with E-state index in [-0.39, 0.29) is 5.54 Å². The molecule has 86 valence electrons. The lowest BCUT2D eigenvalue weighted by atomic mass is 9.97. The summed E-state index contributed by atoms with van der Waals surface area (Å²) in [4.78, 5) is 4.61. The minimum absolute atomic E-state index is 0.0731. The largest absolute Gasteiger partial charge is 0.306 e. The van der Waals surface area contributed by atoms with E-state index >= 15 is 0 Å². The molecule has 0 aromatic carbocycles. The number of rotatable bonds is 6. The molecule has 0 amide bonds. The van der Waals surface area contributed by atoms with Crippen molar-refractivity contribution in [3.05, 3.63) is 16.1 Å². The quantitative estimate of drug-likeness (QED) is 0.803. The second-order valence-electron chi connectivity index (χ2n) is 4.30. The Bertz CT molecular complexity index is 296. The molecule has 0 aliphatic heterocycles. The van der Waals surface area contributed by atoms with Crippen molar-refractivity contribution in [1.82, 2.24) is 10.3 Å². The van der Waals surface area contributed by atoms with Crippen LogP contribution in [0.5, 0.6) is 0 Å². The van der Waals surface area contributed by atoms with Gasteiger partial charge in [0.25, 0.3) is 0 Å². The van der Waals surface area contributed by atoms with Gasteiger partial charge in [-0.15, -0.1) is 11.3 Å². The molecule has 1 N–H and O–H groups in total. The van der Waals surface area contributed by atoms with Gasteiger partial charge in [-0.25, -0.2) is 4.98 Å². The van der Waals surface area contributed by atoms with Crippen molar-refractivity contribution in [2.45, 2.75) is 52.5 Å². The molecule has 2 nitrogen and oxygen atoms in total. The van der Waals surface area contributed by atoms with Crippen molar-refractivity contribution in [2.24, 2.45) is 0 Å². The van der Waals surface area contributed by atoms with E-state index in [0.717, 1.165) is 18.7 Å². The number of hydrogen-bond donors (Lipinski definition) is 1. The fourth-order valence-electron chi connectivity index (χ4n) is 1.78. The maximum absolute atomic E-state index is 4.61. The van der Waals surface area contributed by atoms with Gasteiger partial charge in [0.15, 0.2) is 0 Å². The molecule has 1 aromatic rings. The van der Waals surface area contributed by atoms with Gasteiger partial charge in [0.05, 0.1) is 5.54 Å². The van der Waals surface area contributed by atoms with Crippen molar-refractivity contribution in [2.75, 3.05) is 6.54 Å². The van der Waals surface area contributed by atoms with Crippen LogP contribution in [0.4, 0.5) is 0 Å². The first-order valence-electron chi connectivity index (χ1n) is 5.80. The molecule has 1 aromatic heterocycles. The Morgan fingerprint density at radius 3 is 2.60 bits per heavy atom. The van der Waals surface area contributed by atoms with Crippen LogP contribution < -0.4 is 5.32 Å². The molecule has 0 aliphatic rings. The van der Waals surface area contributed by atoms with E-state index in [0.29, 0.717) is 0 Å². The van der Waals surface area contributed by atoms with Crippen LogP contribution in [-0.4, -0.2) is 11.5 Å². The molecular formula is C12H22N2S. The average molecular weight is 226 g/mol. The molecule has 0 saturated heterocycles. The predicted octanol–water partition coefficient (Wildman–Crippen LogP) is 3.47. The highest BCUT2D eigenvalue weighted by Crippen LogP contribution is 2.28. The molecule has 0 bridgehead atoms. The van der Waals surface area contributed by atoms with Crippen molar-refractivity contribution in [3.63, 3.8) is 0 Å². The number of thiazole rings is 1. The van der Waals surface area contributed by atoms with E-state index in [1.165, 1.54) is 17.8 Å². The molecule has 1 unspecified atom stereocenters. The van der Waals surface area contributed by atoms with Crippen LogP contribution in [0.25, 0.3) is 0 Å². The molecule has 0 spiro atoms. The molecule has 0 aliphatic carbocycles. The lowest BCUT2D eigenvalue weighted by Gasteiger charge is -2.28. The number of hydrogen-bond acceptors (Lipinski definition) is 3. The zero-order chi connectivity index (χ0) is 11.3. The standard InChI is InChI=1S/C12H22N2S/c1-5-7-12(4,13-8-6-2)11-14-10(3)9-15-11/h9,13H,5-8H2,1-4H3. The summed E-state index contributed by atoms with van der Waals surface area (Å²) in [6.07, 6.45) is 3.51. The second kappa shape index (κ2) is 5.61. The highest BCUT2D eigenvalue weighted by atomic mass is 32.1. The summed E-state index contributed by atoms with van der Waals surface area (Å²) in [7, 11) is 0. The monoisotopic (exact) mass is 226 g/mol. The Morgan fingerprint density at radius 2 is 2.13 bits per heavy atom. The van der Waals surface area contributed by atoms with Crippen LogP contribution in [0.2, 0.25) is 0 Å². The van der Waals surface area contributed by atoms with E-state index in [4.69, 9.17) is 0 Å². The zero-order valence-corrected chi connectivity index (χ0v) is 11.1. The minimum atomic E-state index is 0.0731. The second-order valence-corrected chi connectivity index (χ2v) is 5.16. The summed E-state index contributed by atoms with van der Waals surface area (Å²) >= 11 is 1.77. The van der Waals surface area contributed by atoms with Gasteiger partial charge in [0.2, 0.25) is 0 Å². The lowest BCUT2D eigenvalue weighted by Crippen LogP contribution is -2.39. The average Bonchev–Trinajstić information content (AvgIpc) is 2.63. The molecule has 1 atom stereocenters. The number of nitrogens with zero attached hydrogens (tertiary/aromatic N) is 1. The Balaban J connectivity index is 2.79. The van der Waals surface area contributed by atoms with E-state index in [1.54, 1.807) is 11.3 Å². The third kappa shape index (κ3) is 3.28. The molecule has 15 heavy (non-hydrogen) atoms. The molecule has 0 fully saturated rings. The van der Waals surface area contributed by atoms with Crippen molar-refractivity contribution >= 4 is 11.3 Å². The summed E-state index contributed by atoms with van der Waals surface area (Å²) in [5.41, 5.74) is 1.21. The van der Waals surface area contributed by atoms with E-state index < -0.39 is 0 Å². The van der Waals surface area contributed by atoms with Gasteiger partial charge in [-0.2, -0.15) is 0 Å². The van der Waals surface area contributed by atoms with Gasteiger partial charge in [0.1, 0.15) is 5.01 Å². The van der Waals surface area contributed by atoms with Gasteiger partial charge in [0, 0.05) is 11.1 Å². The highest BCUT2D eigenvalue weighted by Gasteiger charge is 2.27. The SMILES string of the molecule is CCCNC(C)(CCC)c1nc(C)cs1. The first-order chi connectivity index (χ1) is 7.12. The first kappa shape index (κ1) is 12.7. The van der Waals surface area contributed by atoms with Crippen molar-refractivity contribution in [1.29, 1.82) is 0 Å². The maximum Gasteiger partial charge on any atom is 0.113 e. The van der Waals surface area contributed by atoms with Crippen LogP contribution in [0.3, 0.4) is 0 Å². The third-order valence-corrected chi connectivity index (χ3v) is 3.83. The predicted molar refractivity (Wildman–Crippen MR) is 67.4 cm³/mol. The summed E-state index contributed by atoms with van der Waals surface area (Å²) in [5.74, 6) is 0. The van der Waals surface area contributed by atoms with Gasteiger partial charge < -0.3 is 5.32 Å².